The van der Waals surface area contributed by atoms with Crippen LogP contribution in [0, 0.1) is 11.6 Å². The van der Waals surface area contributed by atoms with Gasteiger partial charge in [0.1, 0.15) is 29.5 Å². The molecule has 6 heterocycles. The van der Waals surface area contributed by atoms with E-state index in [4.69, 9.17) is 9.72 Å². The van der Waals surface area contributed by atoms with Crippen LogP contribution in [0.5, 0.6) is 6.01 Å². The Balaban J connectivity index is 1.23. The SMILES string of the molecule is Fc1cccc(-c2ncc3c(N4C[C@H]5CC[C@@H](C4)N5)nc(OCC45CCCN4CCC5)nc3c2F)c1C1CC1. The Hall–Kier alpha value is -2.91. The van der Waals surface area contributed by atoms with E-state index in [2.05, 4.69) is 25.1 Å². The molecule has 39 heavy (non-hydrogen) atoms. The first-order valence-corrected chi connectivity index (χ1v) is 14.6. The average molecular weight is 533 g/mol. The lowest BCUT2D eigenvalue weighted by Gasteiger charge is -2.34. The second-order valence-electron chi connectivity index (χ2n) is 12.2. The van der Waals surface area contributed by atoms with Gasteiger partial charge in [-0.1, -0.05) is 12.1 Å². The maximum absolute atomic E-state index is 16.4. The fourth-order valence-electron chi connectivity index (χ4n) is 7.68. The van der Waals surface area contributed by atoms with Crippen molar-refractivity contribution in [1.82, 2.24) is 25.2 Å². The number of rotatable bonds is 6. The first kappa shape index (κ1) is 23.9. The zero-order valence-electron chi connectivity index (χ0n) is 22.1. The van der Waals surface area contributed by atoms with E-state index in [1.165, 1.54) is 18.9 Å². The molecule has 5 fully saturated rings. The number of ether oxygens (including phenoxy) is 1. The van der Waals surface area contributed by atoms with E-state index >= 15 is 4.39 Å². The van der Waals surface area contributed by atoms with Crippen LogP contribution in [0.1, 0.15) is 62.8 Å². The molecule has 2 aromatic heterocycles. The molecule has 2 bridgehead atoms. The van der Waals surface area contributed by atoms with Gasteiger partial charge in [-0.15, -0.1) is 0 Å². The molecule has 3 aromatic rings. The molecule has 7 nitrogen and oxygen atoms in total. The van der Waals surface area contributed by atoms with Gasteiger partial charge in [-0.25, -0.2) is 8.78 Å². The van der Waals surface area contributed by atoms with Crippen LogP contribution in [-0.4, -0.2) is 70.3 Å². The van der Waals surface area contributed by atoms with Crippen LogP contribution >= 0.6 is 0 Å². The van der Waals surface area contributed by atoms with E-state index < -0.39 is 5.82 Å². The lowest BCUT2D eigenvalue weighted by atomic mass is 9.95. The minimum Gasteiger partial charge on any atom is -0.461 e. The maximum Gasteiger partial charge on any atom is 0.319 e. The number of nitrogens with one attached hydrogen (secondary N) is 1. The second-order valence-corrected chi connectivity index (χ2v) is 12.2. The van der Waals surface area contributed by atoms with E-state index in [-0.39, 0.29) is 34.5 Å². The maximum atomic E-state index is 16.4. The molecular weight excluding hydrogens is 498 g/mol. The van der Waals surface area contributed by atoms with E-state index in [1.54, 1.807) is 18.3 Å². The van der Waals surface area contributed by atoms with E-state index in [9.17, 15) is 4.39 Å². The van der Waals surface area contributed by atoms with Crippen LogP contribution in [0.15, 0.2) is 24.4 Å². The number of nitrogens with zero attached hydrogens (tertiary/aromatic N) is 5. The molecule has 1 aliphatic carbocycles. The molecule has 1 saturated carbocycles. The monoisotopic (exact) mass is 532 g/mol. The summed E-state index contributed by atoms with van der Waals surface area (Å²) in [6.45, 7) is 4.34. The molecule has 8 rings (SSSR count). The fraction of sp³-hybridized carbons (Fsp3) is 0.567. The van der Waals surface area contributed by atoms with Gasteiger partial charge in [0.05, 0.1) is 10.9 Å². The first-order valence-electron chi connectivity index (χ1n) is 14.6. The van der Waals surface area contributed by atoms with Gasteiger partial charge in [0.15, 0.2) is 5.82 Å². The van der Waals surface area contributed by atoms with Crippen molar-refractivity contribution in [3.63, 3.8) is 0 Å². The Morgan fingerprint density at radius 1 is 1.00 bits per heavy atom. The zero-order valence-corrected chi connectivity index (χ0v) is 22.1. The van der Waals surface area contributed by atoms with Crippen LogP contribution in [0.25, 0.3) is 22.2 Å². The van der Waals surface area contributed by atoms with Crippen molar-refractivity contribution in [2.24, 2.45) is 0 Å². The van der Waals surface area contributed by atoms with Gasteiger partial charge in [-0.3, -0.25) is 9.88 Å². The van der Waals surface area contributed by atoms with Crippen LogP contribution in [-0.2, 0) is 0 Å². The summed E-state index contributed by atoms with van der Waals surface area (Å²) >= 11 is 0. The largest absolute Gasteiger partial charge is 0.461 e. The van der Waals surface area contributed by atoms with Crippen LogP contribution in [0.3, 0.4) is 0 Å². The summed E-state index contributed by atoms with van der Waals surface area (Å²) in [6, 6.07) is 5.87. The molecule has 1 N–H and O–H groups in total. The average Bonchev–Trinajstić information content (AvgIpc) is 3.44. The molecule has 5 aliphatic rings. The Bertz CT molecular complexity index is 1420. The molecule has 0 radical (unpaired) electrons. The van der Waals surface area contributed by atoms with Gasteiger partial charge in [-0.05, 0) is 76.4 Å². The summed E-state index contributed by atoms with van der Waals surface area (Å²) in [5.74, 6) is -0.0282. The molecule has 2 atom stereocenters. The fourth-order valence-corrected chi connectivity index (χ4v) is 7.68. The lowest BCUT2D eigenvalue weighted by Crippen LogP contribution is -2.51. The Morgan fingerprint density at radius 3 is 2.51 bits per heavy atom. The third-order valence-electron chi connectivity index (χ3n) is 9.73. The topological polar surface area (TPSA) is 66.4 Å². The van der Waals surface area contributed by atoms with Crippen molar-refractivity contribution in [1.29, 1.82) is 0 Å². The molecule has 204 valence electrons. The van der Waals surface area contributed by atoms with Gasteiger partial charge >= 0.3 is 6.01 Å². The number of piperazine rings is 1. The number of anilines is 1. The van der Waals surface area contributed by atoms with Crippen LogP contribution in [0.2, 0.25) is 0 Å². The minimum atomic E-state index is -0.534. The molecule has 9 heteroatoms. The van der Waals surface area contributed by atoms with Crippen molar-refractivity contribution in [2.45, 2.75) is 74.9 Å². The summed E-state index contributed by atoms with van der Waals surface area (Å²) in [7, 11) is 0. The van der Waals surface area contributed by atoms with Gasteiger partial charge in [0, 0.05) is 42.5 Å². The summed E-state index contributed by atoms with van der Waals surface area (Å²) in [5.41, 5.74) is 1.47. The molecule has 4 aliphatic heterocycles. The summed E-state index contributed by atoms with van der Waals surface area (Å²) < 4.78 is 37.6. The molecular formula is C30H34F2N6O. The molecule has 0 unspecified atom stereocenters. The van der Waals surface area contributed by atoms with Gasteiger partial charge in [-0.2, -0.15) is 9.97 Å². The summed E-state index contributed by atoms with van der Waals surface area (Å²) in [6.07, 6.45) is 10.3. The number of aromatic nitrogens is 3. The van der Waals surface area contributed by atoms with Gasteiger partial charge < -0.3 is 15.0 Å². The Morgan fingerprint density at radius 2 is 1.77 bits per heavy atom. The van der Waals surface area contributed by atoms with Crippen molar-refractivity contribution < 1.29 is 13.5 Å². The lowest BCUT2D eigenvalue weighted by molar-refractivity contribution is 0.108. The third-order valence-corrected chi connectivity index (χ3v) is 9.73. The standard InChI is InChI=1S/C30H34F2N6O/c31-23-5-1-4-21(24(23)18-6-7-18)26-25(32)27-22(14-33-26)28(37-15-19-8-9-20(16-37)34-19)36-29(35-27)39-17-30-10-2-12-38(30)13-3-11-30/h1,4-5,14,18-20,34H,2-3,6-13,15-17H2/t19-,20+. The molecule has 4 saturated heterocycles. The second kappa shape index (κ2) is 9.06. The quantitative estimate of drug-likeness (QED) is 0.490. The van der Waals surface area contributed by atoms with E-state index in [1.807, 2.05) is 0 Å². The van der Waals surface area contributed by atoms with Crippen molar-refractivity contribution in [3.8, 4) is 17.3 Å². The summed E-state index contributed by atoms with van der Waals surface area (Å²) in [4.78, 5) is 18.9. The number of benzene rings is 1. The van der Waals surface area contributed by atoms with Gasteiger partial charge in [0.2, 0.25) is 0 Å². The van der Waals surface area contributed by atoms with Crippen LogP contribution < -0.4 is 15.0 Å². The summed E-state index contributed by atoms with van der Waals surface area (Å²) in [5, 5.41) is 4.24. The molecule has 1 aromatic carbocycles. The highest BCUT2D eigenvalue weighted by molar-refractivity contribution is 5.92. The predicted octanol–water partition coefficient (Wildman–Crippen LogP) is 4.80. The number of fused-ring (bicyclic) bond motifs is 4. The van der Waals surface area contributed by atoms with Gasteiger partial charge in [0.25, 0.3) is 0 Å². The number of hydrogen-bond acceptors (Lipinski definition) is 7. The van der Waals surface area contributed by atoms with Crippen LogP contribution in [0.4, 0.5) is 14.6 Å². The Labute approximate surface area is 227 Å². The van der Waals surface area contributed by atoms with Crippen molar-refractivity contribution in [3.05, 3.63) is 41.6 Å². The highest BCUT2D eigenvalue weighted by Gasteiger charge is 2.45. The number of hydrogen-bond donors (Lipinski definition) is 1. The smallest absolute Gasteiger partial charge is 0.319 e. The van der Waals surface area contributed by atoms with E-state index in [0.717, 1.165) is 64.7 Å². The molecule has 0 spiro atoms. The normalized spacial score (nSPS) is 25.9. The third kappa shape index (κ3) is 3.99. The molecule has 0 amide bonds. The highest BCUT2D eigenvalue weighted by atomic mass is 19.1. The number of halogens is 2. The van der Waals surface area contributed by atoms with E-state index in [0.29, 0.717) is 41.0 Å². The zero-order chi connectivity index (χ0) is 26.1. The van der Waals surface area contributed by atoms with Crippen molar-refractivity contribution >= 4 is 16.7 Å². The number of pyridine rings is 1. The predicted molar refractivity (Wildman–Crippen MR) is 145 cm³/mol. The minimum absolute atomic E-state index is 0.0370. The Kier molecular flexibility index (Phi) is 5.56. The highest BCUT2D eigenvalue weighted by Crippen LogP contribution is 2.46. The van der Waals surface area contributed by atoms with Crippen molar-refractivity contribution in [2.75, 3.05) is 37.7 Å². The first-order chi connectivity index (χ1) is 19.1.